The van der Waals surface area contributed by atoms with E-state index in [1.807, 2.05) is 0 Å². The predicted octanol–water partition coefficient (Wildman–Crippen LogP) is 3.12. The second kappa shape index (κ2) is 5.94. The minimum absolute atomic E-state index is 0.319. The average molecular weight is 237 g/mol. The molecule has 96 valence electrons. The molecule has 2 heterocycles. The van der Waals surface area contributed by atoms with Gasteiger partial charge in [-0.05, 0) is 25.7 Å². The van der Waals surface area contributed by atoms with Gasteiger partial charge in [-0.2, -0.15) is 0 Å². The summed E-state index contributed by atoms with van der Waals surface area (Å²) in [6, 6.07) is 0. The molecule has 0 saturated heterocycles. The predicted molar refractivity (Wildman–Crippen MR) is 69.6 cm³/mol. The maximum absolute atomic E-state index is 6.05. The van der Waals surface area contributed by atoms with E-state index in [9.17, 15) is 0 Å². The standard InChI is InChI=1S/C13H23N3O/c1-3-6-10(7-4-2)17-13-11-8-5-9-14-12(11)15-16-13/h10H,3-9H2,1-2H3,(H2,14,15,16). The number of anilines is 1. The Morgan fingerprint density at radius 1 is 1.29 bits per heavy atom. The van der Waals surface area contributed by atoms with Crippen molar-refractivity contribution < 1.29 is 4.74 Å². The fraction of sp³-hybridized carbons (Fsp3) is 0.769. The largest absolute Gasteiger partial charge is 0.473 e. The van der Waals surface area contributed by atoms with Crippen molar-refractivity contribution in [1.82, 2.24) is 10.2 Å². The fourth-order valence-electron chi connectivity index (χ4n) is 2.37. The lowest BCUT2D eigenvalue weighted by molar-refractivity contribution is 0.169. The molecule has 0 aromatic carbocycles. The van der Waals surface area contributed by atoms with Crippen LogP contribution in [0.5, 0.6) is 5.88 Å². The van der Waals surface area contributed by atoms with Crippen LogP contribution in [0.1, 0.15) is 51.5 Å². The molecule has 4 heteroatoms. The quantitative estimate of drug-likeness (QED) is 0.799. The van der Waals surface area contributed by atoms with Gasteiger partial charge < -0.3 is 10.1 Å². The molecule has 0 aliphatic carbocycles. The molecule has 2 rings (SSSR count). The summed E-state index contributed by atoms with van der Waals surface area (Å²) in [5.41, 5.74) is 1.23. The molecule has 0 amide bonds. The van der Waals surface area contributed by atoms with Crippen molar-refractivity contribution in [1.29, 1.82) is 0 Å². The summed E-state index contributed by atoms with van der Waals surface area (Å²) < 4.78 is 6.05. The van der Waals surface area contributed by atoms with Crippen molar-refractivity contribution >= 4 is 5.82 Å². The van der Waals surface area contributed by atoms with E-state index in [0.29, 0.717) is 6.10 Å². The Labute approximate surface area is 103 Å². The summed E-state index contributed by atoms with van der Waals surface area (Å²) in [7, 11) is 0. The molecule has 17 heavy (non-hydrogen) atoms. The lowest BCUT2D eigenvalue weighted by atomic mass is 10.1. The van der Waals surface area contributed by atoms with Gasteiger partial charge in [-0.1, -0.05) is 26.7 Å². The molecule has 0 fully saturated rings. The highest BCUT2D eigenvalue weighted by Gasteiger charge is 2.20. The first-order valence-electron chi connectivity index (χ1n) is 6.82. The van der Waals surface area contributed by atoms with Crippen molar-refractivity contribution in [2.24, 2.45) is 0 Å². The highest BCUT2D eigenvalue weighted by molar-refractivity contribution is 5.51. The molecule has 1 aromatic rings. The number of nitrogens with zero attached hydrogens (tertiary/aromatic N) is 1. The molecule has 1 aliphatic rings. The third-order valence-corrected chi connectivity index (χ3v) is 3.23. The van der Waals surface area contributed by atoms with Crippen LogP contribution in [-0.2, 0) is 6.42 Å². The normalized spacial score (nSPS) is 14.5. The maximum atomic E-state index is 6.05. The summed E-state index contributed by atoms with van der Waals surface area (Å²) in [5, 5.41) is 10.6. The first kappa shape index (κ1) is 12.3. The van der Waals surface area contributed by atoms with Crippen LogP contribution in [0.2, 0.25) is 0 Å². The van der Waals surface area contributed by atoms with Crippen LogP contribution >= 0.6 is 0 Å². The van der Waals surface area contributed by atoms with E-state index in [4.69, 9.17) is 4.74 Å². The topological polar surface area (TPSA) is 49.9 Å². The van der Waals surface area contributed by atoms with E-state index in [1.54, 1.807) is 0 Å². The highest BCUT2D eigenvalue weighted by atomic mass is 16.5. The average Bonchev–Trinajstić information content (AvgIpc) is 2.74. The van der Waals surface area contributed by atoms with Gasteiger partial charge in [-0.25, -0.2) is 0 Å². The summed E-state index contributed by atoms with van der Waals surface area (Å²) in [6.45, 7) is 5.43. The SMILES string of the molecule is CCCC(CCC)Oc1n[nH]c2c1CCCN2. The number of H-pyrrole nitrogens is 1. The molecule has 0 unspecified atom stereocenters. The molecule has 0 radical (unpaired) electrons. The summed E-state index contributed by atoms with van der Waals surface area (Å²) in [5.74, 6) is 1.87. The van der Waals surface area contributed by atoms with E-state index < -0.39 is 0 Å². The number of hydrogen-bond donors (Lipinski definition) is 2. The zero-order chi connectivity index (χ0) is 12.1. The molecule has 4 nitrogen and oxygen atoms in total. The summed E-state index contributed by atoms with van der Waals surface area (Å²) in [4.78, 5) is 0. The highest BCUT2D eigenvalue weighted by Crippen LogP contribution is 2.29. The van der Waals surface area contributed by atoms with Crippen LogP contribution in [0.4, 0.5) is 5.82 Å². The number of hydrogen-bond acceptors (Lipinski definition) is 3. The van der Waals surface area contributed by atoms with Gasteiger partial charge in [0.2, 0.25) is 5.88 Å². The number of aromatic nitrogens is 2. The molecule has 2 N–H and O–H groups in total. The molecule has 1 aromatic heterocycles. The van der Waals surface area contributed by atoms with Gasteiger partial charge in [-0.3, -0.25) is 5.10 Å². The van der Waals surface area contributed by atoms with Crippen LogP contribution in [-0.4, -0.2) is 22.8 Å². The first-order valence-corrected chi connectivity index (χ1v) is 6.82. The monoisotopic (exact) mass is 237 g/mol. The van der Waals surface area contributed by atoms with Crippen LogP contribution in [0.15, 0.2) is 0 Å². The van der Waals surface area contributed by atoms with Crippen LogP contribution in [0, 0.1) is 0 Å². The zero-order valence-corrected chi connectivity index (χ0v) is 10.9. The van der Waals surface area contributed by atoms with Crippen LogP contribution in [0.3, 0.4) is 0 Å². The zero-order valence-electron chi connectivity index (χ0n) is 10.9. The van der Waals surface area contributed by atoms with E-state index in [-0.39, 0.29) is 0 Å². The fourth-order valence-corrected chi connectivity index (χ4v) is 2.37. The van der Waals surface area contributed by atoms with Crippen molar-refractivity contribution in [3.05, 3.63) is 5.56 Å². The molecule has 0 atom stereocenters. The molecule has 0 spiro atoms. The Morgan fingerprint density at radius 2 is 2.06 bits per heavy atom. The Kier molecular flexibility index (Phi) is 4.29. The van der Waals surface area contributed by atoms with Gasteiger partial charge in [0.1, 0.15) is 11.9 Å². The second-order valence-corrected chi connectivity index (χ2v) is 4.73. The smallest absolute Gasteiger partial charge is 0.238 e. The van der Waals surface area contributed by atoms with Gasteiger partial charge in [0.25, 0.3) is 0 Å². The van der Waals surface area contributed by atoms with Gasteiger partial charge in [-0.15, -0.1) is 5.10 Å². The van der Waals surface area contributed by atoms with E-state index in [1.165, 1.54) is 5.56 Å². The number of fused-ring (bicyclic) bond motifs is 1. The van der Waals surface area contributed by atoms with Crippen molar-refractivity contribution in [3.8, 4) is 5.88 Å². The Hall–Kier alpha value is -1.19. The van der Waals surface area contributed by atoms with E-state index in [2.05, 4.69) is 29.4 Å². The molecular formula is C13H23N3O. The number of nitrogens with one attached hydrogen (secondary N) is 2. The Morgan fingerprint density at radius 3 is 2.76 bits per heavy atom. The third kappa shape index (κ3) is 2.93. The van der Waals surface area contributed by atoms with Gasteiger partial charge in [0.15, 0.2) is 0 Å². The third-order valence-electron chi connectivity index (χ3n) is 3.23. The van der Waals surface area contributed by atoms with Gasteiger partial charge >= 0.3 is 0 Å². The number of aromatic amines is 1. The minimum atomic E-state index is 0.319. The molecular weight excluding hydrogens is 214 g/mol. The van der Waals surface area contributed by atoms with E-state index in [0.717, 1.165) is 56.8 Å². The van der Waals surface area contributed by atoms with Gasteiger partial charge in [0.05, 0.1) is 5.56 Å². The van der Waals surface area contributed by atoms with Crippen molar-refractivity contribution in [2.45, 2.75) is 58.5 Å². The number of ether oxygens (including phenoxy) is 1. The second-order valence-electron chi connectivity index (χ2n) is 4.73. The Balaban J connectivity index is 2.03. The van der Waals surface area contributed by atoms with Gasteiger partial charge in [0, 0.05) is 6.54 Å². The molecule has 1 aliphatic heterocycles. The van der Waals surface area contributed by atoms with Crippen LogP contribution in [0.25, 0.3) is 0 Å². The molecule has 0 bridgehead atoms. The maximum Gasteiger partial charge on any atom is 0.238 e. The van der Waals surface area contributed by atoms with Crippen molar-refractivity contribution in [2.75, 3.05) is 11.9 Å². The van der Waals surface area contributed by atoms with Crippen LogP contribution < -0.4 is 10.1 Å². The summed E-state index contributed by atoms with van der Waals surface area (Å²) >= 11 is 0. The minimum Gasteiger partial charge on any atom is -0.473 e. The summed E-state index contributed by atoms with van der Waals surface area (Å²) in [6.07, 6.45) is 7.10. The lowest BCUT2D eigenvalue weighted by Crippen LogP contribution is -2.18. The lowest BCUT2D eigenvalue weighted by Gasteiger charge is -2.18. The number of rotatable bonds is 6. The van der Waals surface area contributed by atoms with Crippen molar-refractivity contribution in [3.63, 3.8) is 0 Å². The van der Waals surface area contributed by atoms with E-state index >= 15 is 0 Å². The Bertz CT molecular complexity index is 342. The molecule has 0 saturated carbocycles. The first-order chi connectivity index (χ1) is 8.35.